The minimum Gasteiger partial charge on any atom is -0.493 e. The Morgan fingerprint density at radius 1 is 1.06 bits per heavy atom. The van der Waals surface area contributed by atoms with Crippen LogP contribution in [0.2, 0.25) is 0 Å². The van der Waals surface area contributed by atoms with Gasteiger partial charge >= 0.3 is 0 Å². The molecule has 0 aliphatic carbocycles. The average Bonchev–Trinajstić information content (AvgIpc) is 2.27. The van der Waals surface area contributed by atoms with Crippen molar-refractivity contribution in [2.75, 3.05) is 20.8 Å². The van der Waals surface area contributed by atoms with E-state index in [9.17, 15) is 0 Å². The van der Waals surface area contributed by atoms with Crippen LogP contribution in [0.3, 0.4) is 0 Å². The third-order valence-corrected chi connectivity index (χ3v) is 2.43. The number of ether oxygens (including phenoxy) is 2. The van der Waals surface area contributed by atoms with E-state index in [1.54, 1.807) is 14.2 Å². The zero-order valence-electron chi connectivity index (χ0n) is 11.5. The highest BCUT2D eigenvalue weighted by molar-refractivity contribution is 5.42. The van der Waals surface area contributed by atoms with Crippen molar-refractivity contribution in [3.8, 4) is 11.5 Å². The van der Waals surface area contributed by atoms with Gasteiger partial charge in [0.05, 0.1) is 14.2 Å². The molecule has 0 spiro atoms. The molecule has 0 saturated carbocycles. The highest BCUT2D eigenvalue weighted by atomic mass is 16.5. The molecule has 3 heteroatoms. The van der Waals surface area contributed by atoms with Crippen LogP contribution in [0.5, 0.6) is 11.5 Å². The fraction of sp³-hybridized carbons (Fsp3) is 0.571. The molecule has 0 radical (unpaired) electrons. The average molecular weight is 237 g/mol. The summed E-state index contributed by atoms with van der Waals surface area (Å²) in [4.78, 5) is 0. The van der Waals surface area contributed by atoms with E-state index in [0.717, 1.165) is 24.6 Å². The molecule has 0 aliphatic rings. The number of methoxy groups -OCH3 is 2. The lowest BCUT2D eigenvalue weighted by Gasteiger charge is -2.19. The maximum absolute atomic E-state index is 5.27. The van der Waals surface area contributed by atoms with Crippen LogP contribution in [0.1, 0.15) is 26.3 Å². The van der Waals surface area contributed by atoms with E-state index in [4.69, 9.17) is 9.47 Å². The number of rotatable bonds is 5. The van der Waals surface area contributed by atoms with Gasteiger partial charge in [0.2, 0.25) is 0 Å². The third-order valence-electron chi connectivity index (χ3n) is 2.43. The molecule has 0 heterocycles. The van der Waals surface area contributed by atoms with Gasteiger partial charge in [0.1, 0.15) is 0 Å². The van der Waals surface area contributed by atoms with Crippen molar-refractivity contribution >= 4 is 0 Å². The molecule has 0 aliphatic heterocycles. The van der Waals surface area contributed by atoms with E-state index in [-0.39, 0.29) is 0 Å². The van der Waals surface area contributed by atoms with Gasteiger partial charge in [0, 0.05) is 13.1 Å². The van der Waals surface area contributed by atoms with E-state index < -0.39 is 0 Å². The number of benzene rings is 1. The molecule has 96 valence electrons. The summed E-state index contributed by atoms with van der Waals surface area (Å²) in [6, 6.07) is 6.00. The van der Waals surface area contributed by atoms with Crippen LogP contribution >= 0.6 is 0 Å². The highest BCUT2D eigenvalue weighted by Gasteiger charge is 2.09. The van der Waals surface area contributed by atoms with Gasteiger partial charge in [-0.05, 0) is 23.1 Å². The van der Waals surface area contributed by atoms with Crippen LogP contribution in [0, 0.1) is 5.41 Å². The third kappa shape index (κ3) is 4.65. The van der Waals surface area contributed by atoms with Crippen LogP contribution in [-0.4, -0.2) is 20.8 Å². The molecule has 1 aromatic rings. The van der Waals surface area contributed by atoms with E-state index in [2.05, 4.69) is 32.2 Å². The van der Waals surface area contributed by atoms with E-state index in [1.165, 1.54) is 5.56 Å². The zero-order valence-corrected chi connectivity index (χ0v) is 11.5. The Balaban J connectivity index is 2.60. The Morgan fingerprint density at radius 2 is 1.71 bits per heavy atom. The molecule has 0 amide bonds. The van der Waals surface area contributed by atoms with Gasteiger partial charge < -0.3 is 14.8 Å². The molecule has 0 fully saturated rings. The van der Waals surface area contributed by atoms with Gasteiger partial charge in [0.15, 0.2) is 11.5 Å². The normalized spacial score (nSPS) is 11.4. The largest absolute Gasteiger partial charge is 0.493 e. The van der Waals surface area contributed by atoms with Gasteiger partial charge in [-0.3, -0.25) is 0 Å². The Kier molecular flexibility index (Phi) is 4.82. The molecule has 1 aromatic carbocycles. The van der Waals surface area contributed by atoms with Crippen molar-refractivity contribution in [3.63, 3.8) is 0 Å². The first kappa shape index (κ1) is 13.8. The Labute approximate surface area is 104 Å². The lowest BCUT2D eigenvalue weighted by atomic mass is 9.97. The standard InChI is InChI=1S/C14H23NO2/c1-14(2,3)10-15-9-11-6-7-12(16-4)13(8-11)17-5/h6-8,15H,9-10H2,1-5H3. The van der Waals surface area contributed by atoms with Gasteiger partial charge in [-0.2, -0.15) is 0 Å². The van der Waals surface area contributed by atoms with Gasteiger partial charge in [-0.25, -0.2) is 0 Å². The summed E-state index contributed by atoms with van der Waals surface area (Å²) < 4.78 is 10.5. The van der Waals surface area contributed by atoms with Crippen molar-refractivity contribution in [2.24, 2.45) is 5.41 Å². The maximum atomic E-state index is 5.27. The van der Waals surface area contributed by atoms with E-state index in [1.807, 2.05) is 12.1 Å². The summed E-state index contributed by atoms with van der Waals surface area (Å²) >= 11 is 0. The van der Waals surface area contributed by atoms with E-state index in [0.29, 0.717) is 5.41 Å². The fourth-order valence-electron chi connectivity index (χ4n) is 1.57. The van der Waals surface area contributed by atoms with Gasteiger partial charge in [0.25, 0.3) is 0 Å². The van der Waals surface area contributed by atoms with Crippen molar-refractivity contribution in [1.29, 1.82) is 0 Å². The smallest absolute Gasteiger partial charge is 0.161 e. The van der Waals surface area contributed by atoms with Crippen molar-refractivity contribution < 1.29 is 9.47 Å². The molecule has 17 heavy (non-hydrogen) atoms. The Bertz CT molecular complexity index is 356. The van der Waals surface area contributed by atoms with Gasteiger partial charge in [-0.15, -0.1) is 0 Å². The SMILES string of the molecule is COc1ccc(CNCC(C)(C)C)cc1OC. The monoisotopic (exact) mass is 237 g/mol. The minimum atomic E-state index is 0.302. The summed E-state index contributed by atoms with van der Waals surface area (Å²) in [5.41, 5.74) is 1.50. The van der Waals surface area contributed by atoms with Crippen LogP contribution < -0.4 is 14.8 Å². The molecular formula is C14H23NO2. The molecule has 0 unspecified atom stereocenters. The number of hydrogen-bond acceptors (Lipinski definition) is 3. The predicted octanol–water partition coefficient (Wildman–Crippen LogP) is 2.84. The van der Waals surface area contributed by atoms with Crippen molar-refractivity contribution in [3.05, 3.63) is 23.8 Å². The van der Waals surface area contributed by atoms with Crippen LogP contribution in [-0.2, 0) is 6.54 Å². The lowest BCUT2D eigenvalue weighted by Crippen LogP contribution is -2.26. The number of hydrogen-bond donors (Lipinski definition) is 1. The van der Waals surface area contributed by atoms with Gasteiger partial charge in [-0.1, -0.05) is 26.8 Å². The lowest BCUT2D eigenvalue weighted by molar-refractivity contribution is 0.353. The molecule has 0 atom stereocenters. The predicted molar refractivity (Wildman–Crippen MR) is 70.7 cm³/mol. The van der Waals surface area contributed by atoms with E-state index >= 15 is 0 Å². The topological polar surface area (TPSA) is 30.5 Å². The molecule has 0 aromatic heterocycles. The number of nitrogens with one attached hydrogen (secondary N) is 1. The molecule has 0 saturated heterocycles. The molecular weight excluding hydrogens is 214 g/mol. The molecule has 0 bridgehead atoms. The molecule has 1 N–H and O–H groups in total. The van der Waals surface area contributed by atoms with Crippen LogP contribution in [0.15, 0.2) is 18.2 Å². The second-order valence-electron chi connectivity index (χ2n) is 5.35. The molecule has 3 nitrogen and oxygen atoms in total. The van der Waals surface area contributed by atoms with Crippen LogP contribution in [0.25, 0.3) is 0 Å². The Morgan fingerprint density at radius 3 is 2.24 bits per heavy atom. The first-order valence-electron chi connectivity index (χ1n) is 5.88. The summed E-state index contributed by atoms with van der Waals surface area (Å²) in [5.74, 6) is 1.55. The summed E-state index contributed by atoms with van der Waals surface area (Å²) in [7, 11) is 3.31. The van der Waals surface area contributed by atoms with Crippen molar-refractivity contribution in [2.45, 2.75) is 27.3 Å². The minimum absolute atomic E-state index is 0.302. The van der Waals surface area contributed by atoms with Crippen molar-refractivity contribution in [1.82, 2.24) is 5.32 Å². The Hall–Kier alpha value is -1.22. The quantitative estimate of drug-likeness (QED) is 0.854. The fourth-order valence-corrected chi connectivity index (χ4v) is 1.57. The second kappa shape index (κ2) is 5.92. The summed E-state index contributed by atoms with van der Waals surface area (Å²) in [6.45, 7) is 8.48. The first-order valence-corrected chi connectivity index (χ1v) is 5.88. The highest BCUT2D eigenvalue weighted by Crippen LogP contribution is 2.27. The first-order chi connectivity index (χ1) is 7.96. The molecule has 1 rings (SSSR count). The summed E-state index contributed by atoms with van der Waals surface area (Å²) in [5, 5.41) is 3.43. The maximum Gasteiger partial charge on any atom is 0.161 e. The summed E-state index contributed by atoms with van der Waals surface area (Å²) in [6.07, 6.45) is 0. The zero-order chi connectivity index (χ0) is 12.9. The second-order valence-corrected chi connectivity index (χ2v) is 5.35. The van der Waals surface area contributed by atoms with Crippen LogP contribution in [0.4, 0.5) is 0 Å².